The van der Waals surface area contributed by atoms with Gasteiger partial charge in [-0.05, 0) is 49.4 Å². The number of piperidine rings is 1. The number of aromatic nitrogens is 2. The van der Waals surface area contributed by atoms with Crippen LogP contribution in [0.5, 0.6) is 5.75 Å². The molecular weight excluding hydrogens is 390 g/mol. The number of nitrogens with one attached hydrogen (secondary N) is 1. The maximum atomic E-state index is 12.6. The van der Waals surface area contributed by atoms with Crippen molar-refractivity contribution < 1.29 is 13.2 Å². The van der Waals surface area contributed by atoms with Crippen LogP contribution in [0, 0.1) is 17.2 Å². The lowest BCUT2D eigenvalue weighted by Crippen LogP contribution is -2.39. The van der Waals surface area contributed by atoms with Crippen molar-refractivity contribution >= 4 is 15.8 Å². The quantitative estimate of drug-likeness (QED) is 0.705. The highest BCUT2D eigenvalue weighted by atomic mass is 32.2. The highest BCUT2D eigenvalue weighted by Crippen LogP contribution is 2.23. The number of ether oxygens (including phenoxy) is 1. The molecule has 29 heavy (non-hydrogen) atoms. The number of hydrogen-bond acceptors (Lipinski definition) is 7. The van der Waals surface area contributed by atoms with Gasteiger partial charge < -0.3 is 9.64 Å². The van der Waals surface area contributed by atoms with E-state index in [0.717, 1.165) is 19.3 Å². The first-order valence-electron chi connectivity index (χ1n) is 9.72. The second-order valence-corrected chi connectivity index (χ2v) is 8.71. The third-order valence-electron chi connectivity index (χ3n) is 4.87. The molecule has 0 saturated carbocycles. The minimum absolute atomic E-state index is 0.232. The molecule has 9 heteroatoms. The number of nitriles is 1. The third kappa shape index (κ3) is 5.43. The van der Waals surface area contributed by atoms with Crippen LogP contribution < -0.4 is 14.4 Å². The molecule has 0 spiro atoms. The van der Waals surface area contributed by atoms with Gasteiger partial charge in [-0.2, -0.15) is 5.26 Å². The van der Waals surface area contributed by atoms with Gasteiger partial charge >= 0.3 is 0 Å². The second-order valence-electron chi connectivity index (χ2n) is 6.94. The highest BCUT2D eigenvalue weighted by molar-refractivity contribution is 7.89. The van der Waals surface area contributed by atoms with Crippen LogP contribution in [0.1, 0.15) is 31.9 Å². The van der Waals surface area contributed by atoms with Crippen LogP contribution in [0.15, 0.2) is 41.6 Å². The average Bonchev–Trinajstić information content (AvgIpc) is 2.77. The summed E-state index contributed by atoms with van der Waals surface area (Å²) in [6.07, 6.45) is 5.61. The summed E-state index contributed by atoms with van der Waals surface area (Å²) in [5.41, 5.74) is 0.318. The lowest BCUT2D eigenvalue weighted by Gasteiger charge is -2.32. The van der Waals surface area contributed by atoms with Crippen molar-refractivity contribution in [1.29, 1.82) is 5.26 Å². The van der Waals surface area contributed by atoms with E-state index in [2.05, 4.69) is 20.8 Å². The Bertz CT molecular complexity index is 949. The lowest BCUT2D eigenvalue weighted by atomic mass is 9.97. The molecule has 1 N–H and O–H groups in total. The standard InChI is InChI=1S/C20H25N5O3S/c1-2-13-28-17-3-5-18(6-4-17)29(26,27)24-15-16-7-11-25(12-8-16)20-19(14-21)22-9-10-23-20/h3-6,9-10,16,24H,2,7-8,11-13,15H2,1H3. The summed E-state index contributed by atoms with van der Waals surface area (Å²) in [5.74, 6) is 1.49. The summed E-state index contributed by atoms with van der Waals surface area (Å²) < 4.78 is 33.3. The second kappa shape index (κ2) is 9.67. The third-order valence-corrected chi connectivity index (χ3v) is 6.31. The van der Waals surface area contributed by atoms with Gasteiger partial charge in [0.1, 0.15) is 11.8 Å². The van der Waals surface area contributed by atoms with Crippen molar-refractivity contribution in [3.8, 4) is 11.8 Å². The molecule has 154 valence electrons. The number of sulfonamides is 1. The van der Waals surface area contributed by atoms with Gasteiger partial charge in [0.2, 0.25) is 10.0 Å². The predicted octanol–water partition coefficient (Wildman–Crippen LogP) is 2.33. The number of rotatable bonds is 8. The molecular formula is C20H25N5O3S. The molecule has 0 bridgehead atoms. The number of anilines is 1. The van der Waals surface area contributed by atoms with Gasteiger partial charge in [0.25, 0.3) is 0 Å². The van der Waals surface area contributed by atoms with Gasteiger partial charge in [-0.25, -0.2) is 23.1 Å². The van der Waals surface area contributed by atoms with E-state index in [1.165, 1.54) is 6.20 Å². The van der Waals surface area contributed by atoms with E-state index in [-0.39, 0.29) is 10.8 Å². The van der Waals surface area contributed by atoms with E-state index in [4.69, 9.17) is 4.74 Å². The normalized spacial score (nSPS) is 15.1. The van der Waals surface area contributed by atoms with Crippen molar-refractivity contribution in [3.63, 3.8) is 0 Å². The van der Waals surface area contributed by atoms with Crippen LogP contribution in [-0.2, 0) is 10.0 Å². The van der Waals surface area contributed by atoms with Gasteiger partial charge in [-0.15, -0.1) is 0 Å². The summed E-state index contributed by atoms with van der Waals surface area (Å²) in [4.78, 5) is 10.6. The summed E-state index contributed by atoms with van der Waals surface area (Å²) in [7, 11) is -3.56. The first-order chi connectivity index (χ1) is 14.0. The van der Waals surface area contributed by atoms with Crippen molar-refractivity contribution in [2.45, 2.75) is 31.1 Å². The van der Waals surface area contributed by atoms with Gasteiger partial charge in [-0.3, -0.25) is 0 Å². The molecule has 3 rings (SSSR count). The van der Waals surface area contributed by atoms with Crippen molar-refractivity contribution in [3.05, 3.63) is 42.4 Å². The van der Waals surface area contributed by atoms with Gasteiger partial charge in [0, 0.05) is 32.0 Å². The molecule has 2 aromatic rings. The molecule has 0 amide bonds. The van der Waals surface area contributed by atoms with E-state index in [1.807, 2.05) is 11.8 Å². The summed E-state index contributed by atoms with van der Waals surface area (Å²) >= 11 is 0. The Morgan fingerprint density at radius 2 is 1.90 bits per heavy atom. The van der Waals surface area contributed by atoms with E-state index >= 15 is 0 Å². The van der Waals surface area contributed by atoms with Crippen molar-refractivity contribution in [1.82, 2.24) is 14.7 Å². The average molecular weight is 416 g/mol. The Morgan fingerprint density at radius 3 is 2.55 bits per heavy atom. The molecule has 8 nitrogen and oxygen atoms in total. The molecule has 1 aliphatic heterocycles. The Kier molecular flexibility index (Phi) is 7.01. The van der Waals surface area contributed by atoms with E-state index in [0.29, 0.717) is 43.5 Å². The molecule has 0 unspecified atom stereocenters. The fourth-order valence-corrected chi connectivity index (χ4v) is 4.35. The van der Waals surface area contributed by atoms with Crippen molar-refractivity contribution in [2.24, 2.45) is 5.92 Å². The SMILES string of the molecule is CCCOc1ccc(S(=O)(=O)NCC2CCN(c3nccnc3C#N)CC2)cc1. The number of hydrogen-bond donors (Lipinski definition) is 1. The minimum Gasteiger partial charge on any atom is -0.494 e. The van der Waals surface area contributed by atoms with Crippen LogP contribution in [0.3, 0.4) is 0 Å². The topological polar surface area (TPSA) is 108 Å². The number of benzene rings is 1. The maximum absolute atomic E-state index is 12.6. The molecule has 0 atom stereocenters. The van der Waals surface area contributed by atoms with E-state index in [9.17, 15) is 13.7 Å². The molecule has 1 aliphatic rings. The molecule has 1 saturated heterocycles. The van der Waals surface area contributed by atoms with Crippen LogP contribution >= 0.6 is 0 Å². The summed E-state index contributed by atoms with van der Waals surface area (Å²) in [5, 5.41) is 9.18. The van der Waals surface area contributed by atoms with Crippen molar-refractivity contribution in [2.75, 3.05) is 31.1 Å². The monoisotopic (exact) mass is 415 g/mol. The molecule has 1 aromatic carbocycles. The maximum Gasteiger partial charge on any atom is 0.240 e. The Morgan fingerprint density at radius 1 is 1.21 bits per heavy atom. The zero-order valence-electron chi connectivity index (χ0n) is 16.4. The fourth-order valence-electron chi connectivity index (χ4n) is 3.24. The molecule has 1 aromatic heterocycles. The molecule has 2 heterocycles. The largest absolute Gasteiger partial charge is 0.494 e. The summed E-state index contributed by atoms with van der Waals surface area (Å²) in [6, 6.07) is 8.55. The first kappa shape index (κ1) is 21.0. The Hall–Kier alpha value is -2.70. The number of nitrogens with zero attached hydrogens (tertiary/aromatic N) is 4. The first-order valence-corrected chi connectivity index (χ1v) is 11.2. The van der Waals surface area contributed by atoms with Crippen LogP contribution in [0.2, 0.25) is 0 Å². The molecule has 0 radical (unpaired) electrons. The van der Waals surface area contributed by atoms with Crippen LogP contribution in [-0.4, -0.2) is 44.6 Å². The molecule has 1 fully saturated rings. The van der Waals surface area contributed by atoms with Gasteiger partial charge in [0.15, 0.2) is 11.5 Å². The summed E-state index contributed by atoms with van der Waals surface area (Å²) in [6.45, 7) is 4.43. The molecule has 0 aliphatic carbocycles. The zero-order valence-corrected chi connectivity index (χ0v) is 17.2. The predicted molar refractivity (Wildman–Crippen MR) is 109 cm³/mol. The van der Waals surface area contributed by atoms with Crippen LogP contribution in [0.4, 0.5) is 5.82 Å². The highest BCUT2D eigenvalue weighted by Gasteiger charge is 2.24. The van der Waals surface area contributed by atoms with E-state index in [1.54, 1.807) is 30.5 Å². The van der Waals surface area contributed by atoms with Crippen LogP contribution in [0.25, 0.3) is 0 Å². The van der Waals surface area contributed by atoms with E-state index < -0.39 is 10.0 Å². The smallest absolute Gasteiger partial charge is 0.240 e. The van der Waals surface area contributed by atoms with Gasteiger partial charge in [-0.1, -0.05) is 6.92 Å². The zero-order chi connectivity index (χ0) is 20.7. The Labute approximate surface area is 171 Å². The lowest BCUT2D eigenvalue weighted by molar-refractivity contribution is 0.317. The van der Waals surface area contributed by atoms with Gasteiger partial charge in [0.05, 0.1) is 11.5 Å². The minimum atomic E-state index is -3.56. The Balaban J connectivity index is 1.52. The fraction of sp³-hybridized carbons (Fsp3) is 0.450.